The Labute approximate surface area is 270 Å². The lowest BCUT2D eigenvalue weighted by Crippen LogP contribution is -2.39. The number of para-hydroxylation sites is 2. The number of benzene rings is 3. The minimum absolute atomic E-state index is 0.145. The molecule has 1 aliphatic carbocycles. The highest BCUT2D eigenvalue weighted by Crippen LogP contribution is 2.56. The third-order valence-electron chi connectivity index (χ3n) is 9.47. The van der Waals surface area contributed by atoms with Crippen LogP contribution in [0.5, 0.6) is 5.75 Å². The van der Waals surface area contributed by atoms with Crippen molar-refractivity contribution in [3.8, 4) is 5.75 Å². The Hall–Kier alpha value is -5.48. The Morgan fingerprint density at radius 3 is 2.65 bits per heavy atom. The lowest BCUT2D eigenvalue weighted by molar-refractivity contribution is 0.355. The van der Waals surface area contributed by atoms with E-state index in [9.17, 15) is 5.11 Å². The Morgan fingerprint density at radius 2 is 1.80 bits per heavy atom. The van der Waals surface area contributed by atoms with Gasteiger partial charge in [0.15, 0.2) is 0 Å². The summed E-state index contributed by atoms with van der Waals surface area (Å²) in [5.41, 5.74) is 8.19. The summed E-state index contributed by atoms with van der Waals surface area (Å²) in [4.78, 5) is 6.95. The fraction of sp³-hybridized carbons (Fsp3) is 0.143. The van der Waals surface area contributed by atoms with Gasteiger partial charge in [0.2, 0.25) is 0 Å². The highest BCUT2D eigenvalue weighted by molar-refractivity contribution is 6.08. The number of H-pyrrole nitrogens is 2. The van der Waals surface area contributed by atoms with E-state index in [4.69, 9.17) is 11.3 Å². The smallest absolute Gasteiger partial charge is 0.130 e. The lowest BCUT2D eigenvalue weighted by atomic mass is 9.58. The molecule has 4 nitrogen and oxygen atoms in total. The largest absolute Gasteiger partial charge is 0.512 e. The van der Waals surface area contributed by atoms with Gasteiger partial charge in [-0.05, 0) is 78.0 Å². The van der Waals surface area contributed by atoms with Crippen LogP contribution in [0.15, 0.2) is 157 Å². The number of hydrogen-bond acceptors (Lipinski definition) is 2. The van der Waals surface area contributed by atoms with Crippen molar-refractivity contribution in [1.29, 1.82) is 0 Å². The quantitative estimate of drug-likeness (QED) is 0.169. The maximum absolute atomic E-state index is 12.1. The van der Waals surface area contributed by atoms with E-state index in [1.54, 1.807) is 6.26 Å². The first-order chi connectivity index (χ1) is 22.5. The number of nitrogens with one attached hydrogen (secondary N) is 2. The van der Waals surface area contributed by atoms with Crippen LogP contribution in [-0.4, -0.2) is 15.1 Å². The van der Waals surface area contributed by atoms with Gasteiger partial charge in [-0.25, -0.2) is 0 Å². The summed E-state index contributed by atoms with van der Waals surface area (Å²) in [5, 5.41) is 14.5. The van der Waals surface area contributed by atoms with Crippen LogP contribution in [-0.2, 0) is 5.41 Å². The molecule has 3 heterocycles. The maximum atomic E-state index is 12.1. The first-order valence-electron chi connectivity index (χ1n) is 15.9. The number of aliphatic hydroxyl groups is 1. The molecule has 0 spiro atoms. The Kier molecular flexibility index (Phi) is 7.71. The molecule has 4 heteroatoms. The van der Waals surface area contributed by atoms with E-state index >= 15 is 0 Å². The van der Waals surface area contributed by atoms with Crippen molar-refractivity contribution < 1.29 is 9.84 Å². The Balaban J connectivity index is 1.47. The second-order valence-corrected chi connectivity index (χ2v) is 12.0. The topological polar surface area (TPSA) is 61.0 Å². The van der Waals surface area contributed by atoms with Crippen LogP contribution in [0.1, 0.15) is 43.5 Å². The van der Waals surface area contributed by atoms with E-state index in [2.05, 4.69) is 102 Å². The summed E-state index contributed by atoms with van der Waals surface area (Å²) in [6.45, 7) is 9.00. The van der Waals surface area contributed by atoms with Gasteiger partial charge in [0.05, 0.1) is 17.4 Å². The van der Waals surface area contributed by atoms with Crippen molar-refractivity contribution in [3.63, 3.8) is 0 Å². The second kappa shape index (κ2) is 12.1. The summed E-state index contributed by atoms with van der Waals surface area (Å²) >= 11 is 0. The minimum atomic E-state index is -0.865. The zero-order valence-electron chi connectivity index (χ0n) is 26.3. The van der Waals surface area contributed by atoms with E-state index in [1.807, 2.05) is 49.5 Å². The van der Waals surface area contributed by atoms with Crippen LogP contribution in [0.25, 0.3) is 33.0 Å². The van der Waals surface area contributed by atoms with Gasteiger partial charge >= 0.3 is 0 Å². The highest BCUT2D eigenvalue weighted by atomic mass is 16.5. The molecule has 2 aliphatic rings. The number of aromatic amines is 2. The van der Waals surface area contributed by atoms with Crippen molar-refractivity contribution in [3.05, 3.63) is 174 Å². The van der Waals surface area contributed by atoms with Crippen molar-refractivity contribution in [2.75, 3.05) is 0 Å². The molecule has 2 aromatic heterocycles. The molecular weight excluding hydrogens is 564 g/mol. The molecule has 228 valence electrons. The Morgan fingerprint density at radius 1 is 0.978 bits per heavy atom. The van der Waals surface area contributed by atoms with Crippen molar-refractivity contribution >= 4 is 33.0 Å². The van der Waals surface area contributed by atoms with E-state index in [0.717, 1.165) is 62.3 Å². The number of aliphatic hydroxyl groups excluding tert-OH is 1. The molecule has 1 aliphatic heterocycles. The number of ether oxygens (including phenoxy) is 1. The number of fused-ring (bicyclic) bond motifs is 4. The van der Waals surface area contributed by atoms with Gasteiger partial charge in [-0.1, -0.05) is 98.5 Å². The third-order valence-corrected chi connectivity index (χ3v) is 9.47. The van der Waals surface area contributed by atoms with Crippen LogP contribution in [0, 0.1) is 5.92 Å². The van der Waals surface area contributed by atoms with Gasteiger partial charge in [0, 0.05) is 51.3 Å². The number of rotatable bonds is 6. The van der Waals surface area contributed by atoms with E-state index < -0.39 is 5.41 Å². The van der Waals surface area contributed by atoms with E-state index in [0.29, 0.717) is 12.2 Å². The number of hydrogen-bond donors (Lipinski definition) is 3. The second-order valence-electron chi connectivity index (χ2n) is 12.0. The molecule has 0 bridgehead atoms. The first-order valence-corrected chi connectivity index (χ1v) is 15.9. The molecule has 2 unspecified atom stereocenters. The van der Waals surface area contributed by atoms with Crippen LogP contribution in [0.3, 0.4) is 0 Å². The van der Waals surface area contributed by atoms with Gasteiger partial charge in [0.1, 0.15) is 5.75 Å². The first kappa shape index (κ1) is 29.2. The summed E-state index contributed by atoms with van der Waals surface area (Å²) < 4.78 is 6.28. The van der Waals surface area contributed by atoms with Crippen molar-refractivity contribution in [2.24, 2.45) is 5.92 Å². The molecule has 0 amide bonds. The molecule has 5 aromatic rings. The van der Waals surface area contributed by atoms with Gasteiger partial charge in [-0.2, -0.15) is 0 Å². The molecule has 0 radical (unpaired) electrons. The molecule has 2 atom stereocenters. The fourth-order valence-electron chi connectivity index (χ4n) is 7.29. The predicted octanol–water partition coefficient (Wildman–Crippen LogP) is 10.9. The highest BCUT2D eigenvalue weighted by Gasteiger charge is 2.48. The molecule has 0 fully saturated rings. The average Bonchev–Trinajstić information content (AvgIpc) is 3.75. The van der Waals surface area contributed by atoms with Crippen LogP contribution >= 0.6 is 0 Å². The maximum Gasteiger partial charge on any atom is 0.130 e. The van der Waals surface area contributed by atoms with Crippen LogP contribution in [0.4, 0.5) is 0 Å². The molecule has 3 aromatic carbocycles. The average molecular weight is 603 g/mol. The monoisotopic (exact) mass is 602 g/mol. The van der Waals surface area contributed by atoms with Crippen molar-refractivity contribution in [2.45, 2.75) is 32.1 Å². The summed E-state index contributed by atoms with van der Waals surface area (Å²) in [5.74, 6) is 0.963. The molecule has 3 N–H and O–H groups in total. The molecule has 0 saturated carbocycles. The summed E-state index contributed by atoms with van der Waals surface area (Å²) in [7, 11) is 0. The molecule has 7 rings (SSSR count). The van der Waals surface area contributed by atoms with Gasteiger partial charge in [-0.15, -0.1) is 0 Å². The fourth-order valence-corrected chi connectivity index (χ4v) is 7.29. The van der Waals surface area contributed by atoms with Crippen molar-refractivity contribution in [1.82, 2.24) is 9.97 Å². The number of aromatic nitrogens is 2. The normalized spacial score (nSPS) is 21.0. The standard InChI is InChI=1S/C42H38N2O2/c1-4-30(36-18-12-25-43-36)22-21-29(3)42(28(2)13-9-10-26-46-40-20-8-6-16-35(40)42)41-32(15-11-19-39(41)45)31-23-24-34-33-14-5-7-17-37(33)44-38(34)27-31/h4-10,12-18,20-27,29,43-45H,2,11,19H2,1,3H3/b13-9-,22-21-,26-10-,30-4+. The minimum Gasteiger partial charge on any atom is -0.512 e. The van der Waals surface area contributed by atoms with Crippen LogP contribution < -0.4 is 4.74 Å². The zero-order chi connectivity index (χ0) is 31.7. The van der Waals surface area contributed by atoms with Gasteiger partial charge < -0.3 is 19.8 Å². The molecule has 46 heavy (non-hydrogen) atoms. The van der Waals surface area contributed by atoms with E-state index in [1.165, 1.54) is 10.8 Å². The van der Waals surface area contributed by atoms with Crippen LogP contribution in [0.2, 0.25) is 0 Å². The van der Waals surface area contributed by atoms with Gasteiger partial charge in [-0.3, -0.25) is 0 Å². The summed E-state index contributed by atoms with van der Waals surface area (Å²) in [6, 6.07) is 27.2. The molecule has 0 saturated heterocycles. The Bertz CT molecular complexity index is 2130. The predicted molar refractivity (Wildman–Crippen MR) is 192 cm³/mol. The van der Waals surface area contributed by atoms with E-state index in [-0.39, 0.29) is 5.92 Å². The third kappa shape index (κ3) is 4.87. The zero-order valence-corrected chi connectivity index (χ0v) is 26.3. The number of allylic oxidation sites excluding steroid dienone is 12. The lowest BCUT2D eigenvalue weighted by Gasteiger charge is -2.44. The summed E-state index contributed by atoms with van der Waals surface area (Å²) in [6.07, 6.45) is 19.6. The SMILES string of the molecule is C=C1/C=C\C=C/Oc2ccccc2C1(C1=C(O)CCC=C1c1ccc2c(c1)[nH]c1ccccc12)C(C)/C=C\C(=C/C)c1ccc[nH]1. The van der Waals surface area contributed by atoms with Gasteiger partial charge in [0.25, 0.3) is 0 Å². The molecular formula is C42H38N2O2.